The lowest BCUT2D eigenvalue weighted by Gasteiger charge is -2.30. The minimum atomic E-state index is -0.117. The number of carbonyl (C=O) groups excluding carboxylic acids is 2. The molecule has 20 heavy (non-hydrogen) atoms. The first-order valence-electron chi connectivity index (χ1n) is 6.58. The zero-order valence-corrected chi connectivity index (χ0v) is 11.3. The molecule has 1 fully saturated rings. The maximum atomic E-state index is 12.5. The van der Waals surface area contributed by atoms with Gasteiger partial charge in [0.25, 0.3) is 11.8 Å². The van der Waals surface area contributed by atoms with Crippen molar-refractivity contribution in [3.05, 3.63) is 23.8 Å². The number of rotatable bonds is 1. The lowest BCUT2D eigenvalue weighted by molar-refractivity contribution is -0.121. The molecule has 0 bridgehead atoms. The molecule has 0 N–H and O–H groups in total. The maximum Gasteiger partial charge on any atom is 0.264 e. The molecule has 0 spiro atoms. The lowest BCUT2D eigenvalue weighted by atomic mass is 10.1. The van der Waals surface area contributed by atoms with E-state index < -0.39 is 0 Å². The number of para-hydroxylation sites is 1. The number of ether oxygens (including phenoxy) is 2. The van der Waals surface area contributed by atoms with Crippen molar-refractivity contribution in [2.75, 3.05) is 44.9 Å². The Morgan fingerprint density at radius 1 is 1.25 bits per heavy atom. The van der Waals surface area contributed by atoms with Gasteiger partial charge in [0.15, 0.2) is 12.4 Å². The SMILES string of the molecule is CN1C(=O)COc2c(C(=O)N3CCOCC3)cccc21. The van der Waals surface area contributed by atoms with Gasteiger partial charge >= 0.3 is 0 Å². The zero-order chi connectivity index (χ0) is 14.1. The second-order valence-corrected chi connectivity index (χ2v) is 4.80. The average Bonchev–Trinajstić information content (AvgIpc) is 2.51. The van der Waals surface area contributed by atoms with Crippen LogP contribution in [0.5, 0.6) is 5.75 Å². The highest BCUT2D eigenvalue weighted by atomic mass is 16.5. The molecule has 1 aromatic rings. The summed E-state index contributed by atoms with van der Waals surface area (Å²) < 4.78 is 10.7. The van der Waals surface area contributed by atoms with E-state index in [-0.39, 0.29) is 18.4 Å². The molecule has 0 aromatic heterocycles. The molecule has 0 atom stereocenters. The fourth-order valence-electron chi connectivity index (χ4n) is 2.41. The molecular weight excluding hydrogens is 260 g/mol. The van der Waals surface area contributed by atoms with Crippen molar-refractivity contribution < 1.29 is 19.1 Å². The Morgan fingerprint density at radius 2 is 2.00 bits per heavy atom. The topological polar surface area (TPSA) is 59.1 Å². The van der Waals surface area contributed by atoms with Crippen LogP contribution in [0.15, 0.2) is 18.2 Å². The molecule has 2 aliphatic heterocycles. The van der Waals surface area contributed by atoms with E-state index in [2.05, 4.69) is 0 Å². The van der Waals surface area contributed by atoms with Gasteiger partial charge in [0.05, 0.1) is 24.5 Å². The van der Waals surface area contributed by atoms with Gasteiger partial charge in [0.2, 0.25) is 0 Å². The molecule has 2 heterocycles. The second kappa shape index (κ2) is 5.13. The van der Waals surface area contributed by atoms with Crippen LogP contribution in [0.3, 0.4) is 0 Å². The van der Waals surface area contributed by atoms with Gasteiger partial charge in [-0.3, -0.25) is 9.59 Å². The smallest absolute Gasteiger partial charge is 0.264 e. The van der Waals surface area contributed by atoms with Crippen molar-refractivity contribution in [3.63, 3.8) is 0 Å². The first kappa shape index (κ1) is 12.9. The largest absolute Gasteiger partial charge is 0.481 e. The third-order valence-electron chi connectivity index (χ3n) is 3.60. The molecule has 0 saturated carbocycles. The number of benzene rings is 1. The maximum absolute atomic E-state index is 12.5. The van der Waals surface area contributed by atoms with Crippen LogP contribution in [-0.2, 0) is 9.53 Å². The summed E-state index contributed by atoms with van der Waals surface area (Å²) in [6.45, 7) is 2.24. The van der Waals surface area contributed by atoms with E-state index in [1.54, 1.807) is 30.1 Å². The van der Waals surface area contributed by atoms with Gasteiger partial charge in [-0.1, -0.05) is 6.07 Å². The Hall–Kier alpha value is -2.08. The lowest BCUT2D eigenvalue weighted by Crippen LogP contribution is -2.41. The number of likely N-dealkylation sites (N-methyl/N-ethyl adjacent to an activating group) is 1. The summed E-state index contributed by atoms with van der Waals surface area (Å²) in [5.41, 5.74) is 1.14. The molecule has 0 unspecified atom stereocenters. The predicted octanol–water partition coefficient (Wildman–Crippen LogP) is 0.514. The van der Waals surface area contributed by atoms with Gasteiger partial charge in [-0.2, -0.15) is 0 Å². The first-order valence-corrected chi connectivity index (χ1v) is 6.58. The van der Waals surface area contributed by atoms with Gasteiger partial charge in [0, 0.05) is 20.1 Å². The van der Waals surface area contributed by atoms with E-state index in [0.29, 0.717) is 43.3 Å². The van der Waals surface area contributed by atoms with Crippen molar-refractivity contribution in [2.24, 2.45) is 0 Å². The molecule has 0 radical (unpaired) electrons. The quantitative estimate of drug-likeness (QED) is 0.750. The fraction of sp³-hybridized carbons (Fsp3) is 0.429. The predicted molar refractivity (Wildman–Crippen MR) is 72.1 cm³/mol. The summed E-state index contributed by atoms with van der Waals surface area (Å²) in [7, 11) is 1.69. The Kier molecular flexibility index (Phi) is 3.31. The number of carbonyl (C=O) groups is 2. The molecule has 2 aliphatic rings. The van der Waals surface area contributed by atoms with E-state index >= 15 is 0 Å². The highest BCUT2D eigenvalue weighted by molar-refractivity contribution is 6.04. The zero-order valence-electron chi connectivity index (χ0n) is 11.3. The van der Waals surface area contributed by atoms with Crippen LogP contribution in [0.4, 0.5) is 5.69 Å². The summed E-state index contributed by atoms with van der Waals surface area (Å²) in [5, 5.41) is 0. The molecule has 2 amide bonds. The third-order valence-corrected chi connectivity index (χ3v) is 3.60. The molecule has 106 valence electrons. The number of hydrogen-bond acceptors (Lipinski definition) is 4. The highest BCUT2D eigenvalue weighted by Crippen LogP contribution is 2.35. The van der Waals surface area contributed by atoms with E-state index in [1.807, 2.05) is 0 Å². The van der Waals surface area contributed by atoms with Crippen LogP contribution in [-0.4, -0.2) is 56.7 Å². The minimum Gasteiger partial charge on any atom is -0.481 e. The third kappa shape index (κ3) is 2.12. The number of morpholine rings is 1. The van der Waals surface area contributed by atoms with Crippen LogP contribution in [0.2, 0.25) is 0 Å². The molecular formula is C14H16N2O4. The van der Waals surface area contributed by atoms with Gasteiger partial charge < -0.3 is 19.3 Å². The molecule has 6 nitrogen and oxygen atoms in total. The fourth-order valence-corrected chi connectivity index (χ4v) is 2.41. The number of hydrogen-bond donors (Lipinski definition) is 0. The van der Waals surface area contributed by atoms with Crippen LogP contribution in [0.1, 0.15) is 10.4 Å². The number of amides is 2. The van der Waals surface area contributed by atoms with Gasteiger partial charge in [-0.25, -0.2) is 0 Å². The van der Waals surface area contributed by atoms with E-state index in [1.165, 1.54) is 4.90 Å². The van der Waals surface area contributed by atoms with Crippen molar-refractivity contribution in [1.29, 1.82) is 0 Å². The molecule has 0 aliphatic carbocycles. The Bertz CT molecular complexity index is 552. The summed E-state index contributed by atoms with van der Waals surface area (Å²) in [4.78, 5) is 27.4. The normalized spacial score (nSPS) is 18.6. The summed E-state index contributed by atoms with van der Waals surface area (Å²) in [6, 6.07) is 5.29. The number of nitrogens with zero attached hydrogens (tertiary/aromatic N) is 2. The van der Waals surface area contributed by atoms with Crippen molar-refractivity contribution >= 4 is 17.5 Å². The van der Waals surface area contributed by atoms with E-state index in [9.17, 15) is 9.59 Å². The summed E-state index contributed by atoms with van der Waals surface area (Å²) in [6.07, 6.45) is 0. The van der Waals surface area contributed by atoms with Crippen LogP contribution in [0.25, 0.3) is 0 Å². The molecule has 3 rings (SSSR count). The van der Waals surface area contributed by atoms with Crippen LogP contribution < -0.4 is 9.64 Å². The average molecular weight is 276 g/mol. The standard InChI is InChI=1S/C14H16N2O4/c1-15-11-4-2-3-10(13(11)20-9-12(15)17)14(18)16-5-7-19-8-6-16/h2-4H,5-9H2,1H3. The monoisotopic (exact) mass is 276 g/mol. The van der Waals surface area contributed by atoms with Crippen LogP contribution in [0, 0.1) is 0 Å². The summed E-state index contributed by atoms with van der Waals surface area (Å²) in [5.74, 6) is 0.299. The number of fused-ring (bicyclic) bond motifs is 1. The van der Waals surface area contributed by atoms with E-state index in [0.717, 1.165) is 0 Å². The van der Waals surface area contributed by atoms with Crippen molar-refractivity contribution in [3.8, 4) is 5.75 Å². The minimum absolute atomic E-state index is 0.0308. The van der Waals surface area contributed by atoms with Gasteiger partial charge in [-0.15, -0.1) is 0 Å². The van der Waals surface area contributed by atoms with Crippen molar-refractivity contribution in [2.45, 2.75) is 0 Å². The Morgan fingerprint density at radius 3 is 2.75 bits per heavy atom. The molecule has 6 heteroatoms. The Balaban J connectivity index is 1.94. The summed E-state index contributed by atoms with van der Waals surface area (Å²) >= 11 is 0. The van der Waals surface area contributed by atoms with Crippen LogP contribution >= 0.6 is 0 Å². The first-order chi connectivity index (χ1) is 9.68. The van der Waals surface area contributed by atoms with Gasteiger partial charge in [0.1, 0.15) is 0 Å². The highest BCUT2D eigenvalue weighted by Gasteiger charge is 2.29. The van der Waals surface area contributed by atoms with E-state index in [4.69, 9.17) is 9.47 Å². The molecule has 1 saturated heterocycles. The Labute approximate surface area is 116 Å². The van der Waals surface area contributed by atoms with Gasteiger partial charge in [-0.05, 0) is 12.1 Å². The molecule has 1 aromatic carbocycles. The number of anilines is 1. The van der Waals surface area contributed by atoms with Crippen molar-refractivity contribution in [1.82, 2.24) is 4.90 Å². The second-order valence-electron chi connectivity index (χ2n) is 4.80.